The van der Waals surface area contributed by atoms with Crippen LogP contribution >= 0.6 is 0 Å². The summed E-state index contributed by atoms with van der Waals surface area (Å²) in [5.41, 5.74) is 6.58. The van der Waals surface area contributed by atoms with Crippen molar-refractivity contribution in [2.75, 3.05) is 0 Å². The Morgan fingerprint density at radius 1 is 0.556 bits per heavy atom. The predicted octanol–water partition coefficient (Wildman–Crippen LogP) is 5.85. The first kappa shape index (κ1) is 16.0. The van der Waals surface area contributed by atoms with Gasteiger partial charge < -0.3 is 9.13 Å². The molecule has 0 fully saturated rings. The maximum Gasteiger partial charge on any atom is 0.0480 e. The maximum atomic E-state index is 2.30. The summed E-state index contributed by atoms with van der Waals surface area (Å²) in [5, 5.41) is 2.64. The van der Waals surface area contributed by atoms with E-state index in [1.165, 1.54) is 38.5 Å². The molecular weight excluding hydrogens is 328 g/mol. The minimum Gasteiger partial charge on any atom is -0.350 e. The summed E-state index contributed by atoms with van der Waals surface area (Å²) in [5.74, 6) is 0.198. The van der Waals surface area contributed by atoms with Crippen molar-refractivity contribution in [1.82, 2.24) is 9.13 Å². The smallest absolute Gasteiger partial charge is 0.0480 e. The molecule has 0 bridgehead atoms. The van der Waals surface area contributed by atoms with Crippen LogP contribution in [-0.4, -0.2) is 9.13 Å². The minimum atomic E-state index is 0.198. The Hall–Kier alpha value is -3.26. The number of nitrogens with zero attached hydrogens (tertiary/aromatic N) is 2. The van der Waals surface area contributed by atoms with E-state index in [4.69, 9.17) is 0 Å². The first-order valence-corrected chi connectivity index (χ1v) is 9.37. The molecule has 0 N–H and O–H groups in total. The van der Waals surface area contributed by atoms with E-state index in [9.17, 15) is 0 Å². The van der Waals surface area contributed by atoms with Crippen molar-refractivity contribution in [1.29, 1.82) is 0 Å². The third-order valence-corrected chi connectivity index (χ3v) is 5.61. The molecule has 0 saturated carbocycles. The van der Waals surface area contributed by atoms with Gasteiger partial charge in [0.2, 0.25) is 0 Å². The number of hydrogen-bond acceptors (Lipinski definition) is 0. The van der Waals surface area contributed by atoms with Gasteiger partial charge in [0.05, 0.1) is 0 Å². The molecule has 0 saturated heterocycles. The second-order valence-electron chi connectivity index (χ2n) is 7.27. The van der Waals surface area contributed by atoms with Gasteiger partial charge >= 0.3 is 0 Å². The molecular formula is C25H22N2. The highest BCUT2D eigenvalue weighted by Gasteiger charge is 2.24. The molecule has 27 heavy (non-hydrogen) atoms. The lowest BCUT2D eigenvalue weighted by Crippen LogP contribution is -2.02. The van der Waals surface area contributed by atoms with Crippen LogP contribution in [0.5, 0.6) is 0 Å². The number of para-hydroxylation sites is 2. The summed E-state index contributed by atoms with van der Waals surface area (Å²) in [6, 6.07) is 28.2. The SMILES string of the molecule is Cn1cc(C(c2ccccc2)c2cn(C)c3ccccc23)c2ccccc21. The second kappa shape index (κ2) is 6.17. The molecule has 0 aliphatic rings. The first-order valence-electron chi connectivity index (χ1n) is 9.37. The lowest BCUT2D eigenvalue weighted by atomic mass is 9.85. The molecule has 0 amide bonds. The highest BCUT2D eigenvalue weighted by atomic mass is 14.9. The normalized spacial score (nSPS) is 11.7. The topological polar surface area (TPSA) is 9.86 Å². The molecule has 2 aromatic heterocycles. The van der Waals surface area contributed by atoms with E-state index in [2.05, 4.69) is 114 Å². The number of fused-ring (bicyclic) bond motifs is 2. The largest absolute Gasteiger partial charge is 0.350 e. The molecule has 5 rings (SSSR count). The fourth-order valence-electron chi connectivity index (χ4n) is 4.38. The van der Waals surface area contributed by atoms with Crippen molar-refractivity contribution in [3.8, 4) is 0 Å². The van der Waals surface area contributed by atoms with Gasteiger partial charge in [0.1, 0.15) is 0 Å². The zero-order valence-electron chi connectivity index (χ0n) is 15.6. The highest BCUT2D eigenvalue weighted by Crippen LogP contribution is 2.40. The maximum absolute atomic E-state index is 2.30. The summed E-state index contributed by atoms with van der Waals surface area (Å²) in [6.45, 7) is 0. The fraction of sp³-hybridized carbons (Fsp3) is 0.120. The Bertz CT molecular complexity index is 1160. The van der Waals surface area contributed by atoms with Crippen molar-refractivity contribution in [3.05, 3.63) is 108 Å². The van der Waals surface area contributed by atoms with Gasteiger partial charge in [-0.3, -0.25) is 0 Å². The number of benzene rings is 3. The molecule has 0 spiro atoms. The fourth-order valence-corrected chi connectivity index (χ4v) is 4.38. The molecule has 5 aromatic rings. The summed E-state index contributed by atoms with van der Waals surface area (Å²) < 4.78 is 4.48. The van der Waals surface area contributed by atoms with Crippen LogP contribution in [0.3, 0.4) is 0 Å². The van der Waals surface area contributed by atoms with Crippen LogP contribution in [-0.2, 0) is 14.1 Å². The highest BCUT2D eigenvalue weighted by molar-refractivity contribution is 5.89. The zero-order chi connectivity index (χ0) is 18.4. The van der Waals surface area contributed by atoms with Crippen molar-refractivity contribution < 1.29 is 0 Å². The summed E-state index contributed by atoms with van der Waals surface area (Å²) >= 11 is 0. The van der Waals surface area contributed by atoms with Crippen molar-refractivity contribution in [3.63, 3.8) is 0 Å². The Balaban J connectivity index is 1.85. The molecule has 132 valence electrons. The molecule has 0 unspecified atom stereocenters. The molecule has 0 aliphatic heterocycles. The van der Waals surface area contributed by atoms with E-state index in [0.29, 0.717) is 0 Å². The minimum absolute atomic E-state index is 0.198. The van der Waals surface area contributed by atoms with Crippen molar-refractivity contribution in [2.24, 2.45) is 14.1 Å². The number of hydrogen-bond donors (Lipinski definition) is 0. The van der Waals surface area contributed by atoms with Gasteiger partial charge in [0, 0.05) is 54.2 Å². The van der Waals surface area contributed by atoms with E-state index < -0.39 is 0 Å². The van der Waals surface area contributed by atoms with E-state index in [1.807, 2.05) is 0 Å². The van der Waals surface area contributed by atoms with Crippen LogP contribution in [0.25, 0.3) is 21.8 Å². The lowest BCUT2D eigenvalue weighted by molar-refractivity contribution is 0.912. The number of rotatable bonds is 3. The first-order chi connectivity index (χ1) is 13.2. The Labute approximate surface area is 159 Å². The van der Waals surface area contributed by atoms with Crippen molar-refractivity contribution >= 4 is 21.8 Å². The van der Waals surface area contributed by atoms with E-state index in [-0.39, 0.29) is 5.92 Å². The molecule has 0 radical (unpaired) electrons. The standard InChI is InChI=1S/C25H22N2/c1-26-16-21(19-12-6-8-14-23(19)26)25(18-10-4-3-5-11-18)22-17-27(2)24-15-9-7-13-20(22)24/h3-17,25H,1-2H3. The monoisotopic (exact) mass is 350 g/mol. The van der Waals surface area contributed by atoms with Crippen LogP contribution in [0.1, 0.15) is 22.6 Å². The molecule has 2 heterocycles. The Morgan fingerprint density at radius 3 is 1.52 bits per heavy atom. The number of aryl methyl sites for hydroxylation is 2. The third-order valence-electron chi connectivity index (χ3n) is 5.61. The molecule has 3 aromatic carbocycles. The van der Waals surface area contributed by atoms with Gasteiger partial charge in [-0.25, -0.2) is 0 Å². The Morgan fingerprint density at radius 2 is 1.00 bits per heavy atom. The van der Waals surface area contributed by atoms with E-state index >= 15 is 0 Å². The average Bonchev–Trinajstić information content (AvgIpc) is 3.22. The van der Waals surface area contributed by atoms with Crippen molar-refractivity contribution in [2.45, 2.75) is 5.92 Å². The van der Waals surface area contributed by atoms with Crippen LogP contribution in [0.15, 0.2) is 91.3 Å². The van der Waals surface area contributed by atoms with Crippen LogP contribution in [0.2, 0.25) is 0 Å². The van der Waals surface area contributed by atoms with E-state index in [0.717, 1.165) is 0 Å². The van der Waals surface area contributed by atoms with Gasteiger partial charge in [-0.2, -0.15) is 0 Å². The molecule has 2 heteroatoms. The van der Waals surface area contributed by atoms with Crippen LogP contribution in [0, 0.1) is 0 Å². The second-order valence-corrected chi connectivity index (χ2v) is 7.27. The van der Waals surface area contributed by atoms with Gasteiger partial charge in [-0.15, -0.1) is 0 Å². The lowest BCUT2D eigenvalue weighted by Gasteiger charge is -2.17. The molecule has 0 atom stereocenters. The summed E-state index contributed by atoms with van der Waals surface area (Å²) in [7, 11) is 4.27. The third kappa shape index (κ3) is 2.48. The van der Waals surface area contributed by atoms with Gasteiger partial charge in [0.15, 0.2) is 0 Å². The van der Waals surface area contributed by atoms with Crippen LogP contribution < -0.4 is 0 Å². The van der Waals surface area contributed by atoms with Gasteiger partial charge in [-0.1, -0.05) is 66.7 Å². The molecule has 0 aliphatic carbocycles. The Kier molecular flexibility index (Phi) is 3.64. The zero-order valence-corrected chi connectivity index (χ0v) is 15.6. The summed E-state index contributed by atoms with van der Waals surface area (Å²) in [6.07, 6.45) is 4.59. The van der Waals surface area contributed by atoms with Crippen LogP contribution in [0.4, 0.5) is 0 Å². The quantitative estimate of drug-likeness (QED) is 0.386. The van der Waals surface area contributed by atoms with E-state index in [1.54, 1.807) is 0 Å². The van der Waals surface area contributed by atoms with Gasteiger partial charge in [-0.05, 0) is 28.8 Å². The van der Waals surface area contributed by atoms with Gasteiger partial charge in [0.25, 0.3) is 0 Å². The summed E-state index contributed by atoms with van der Waals surface area (Å²) in [4.78, 5) is 0. The molecule has 2 nitrogen and oxygen atoms in total. The average molecular weight is 350 g/mol. The predicted molar refractivity (Wildman–Crippen MR) is 113 cm³/mol. The number of aromatic nitrogens is 2.